The Labute approximate surface area is 171 Å². The molecule has 1 aliphatic heterocycles. The SMILES string of the molecule is CC[NH+](Cc1cccs1)[C@H](C)C(=O)Nc1ccc(S(=O)(=O)N2CCCC2)cc1. The molecule has 1 amide bonds. The zero-order chi connectivity index (χ0) is 20.1. The van der Waals surface area contributed by atoms with Crippen LogP contribution in [-0.2, 0) is 21.4 Å². The van der Waals surface area contributed by atoms with Crippen LogP contribution in [0.1, 0.15) is 31.6 Å². The van der Waals surface area contributed by atoms with E-state index in [1.807, 2.05) is 18.4 Å². The van der Waals surface area contributed by atoms with Gasteiger partial charge in [0.15, 0.2) is 6.04 Å². The standard InChI is InChI=1S/C20H27N3O3S2/c1-3-22(15-18-7-6-14-27-18)16(2)20(24)21-17-8-10-19(11-9-17)28(25,26)23-12-4-5-13-23/h6-11,14,16H,3-5,12-13,15H2,1-2H3,(H,21,24)/p+1/t16-/m1/s1. The number of carbonyl (C=O) groups excluding carboxylic acids is 1. The smallest absolute Gasteiger partial charge is 0.282 e. The van der Waals surface area contributed by atoms with Gasteiger partial charge < -0.3 is 10.2 Å². The molecule has 1 aliphatic rings. The first-order valence-corrected chi connectivity index (χ1v) is 12.0. The fraction of sp³-hybridized carbons (Fsp3) is 0.450. The van der Waals surface area contributed by atoms with Crippen molar-refractivity contribution < 1.29 is 18.1 Å². The van der Waals surface area contributed by atoms with Crippen molar-refractivity contribution >= 4 is 33.0 Å². The van der Waals surface area contributed by atoms with Crippen molar-refractivity contribution in [3.63, 3.8) is 0 Å². The number of amides is 1. The summed E-state index contributed by atoms with van der Waals surface area (Å²) >= 11 is 1.70. The summed E-state index contributed by atoms with van der Waals surface area (Å²) in [6, 6.07) is 10.4. The molecule has 0 spiro atoms. The van der Waals surface area contributed by atoms with Crippen molar-refractivity contribution in [1.82, 2.24) is 4.31 Å². The quantitative estimate of drug-likeness (QED) is 0.683. The Bertz CT molecular complexity index is 874. The molecule has 1 unspecified atom stereocenters. The lowest BCUT2D eigenvalue weighted by Gasteiger charge is -2.23. The average Bonchev–Trinajstić information content (AvgIpc) is 3.40. The maximum atomic E-state index is 12.7. The van der Waals surface area contributed by atoms with Crippen LogP contribution in [0.3, 0.4) is 0 Å². The van der Waals surface area contributed by atoms with E-state index in [0.29, 0.717) is 18.8 Å². The van der Waals surface area contributed by atoms with Crippen LogP contribution >= 0.6 is 11.3 Å². The van der Waals surface area contributed by atoms with Gasteiger partial charge in [0, 0.05) is 18.8 Å². The molecule has 6 nitrogen and oxygen atoms in total. The number of rotatable bonds is 8. The predicted molar refractivity (Wildman–Crippen MR) is 112 cm³/mol. The molecule has 2 heterocycles. The molecule has 2 atom stereocenters. The fourth-order valence-electron chi connectivity index (χ4n) is 3.44. The summed E-state index contributed by atoms with van der Waals surface area (Å²) in [5, 5.41) is 4.97. The minimum Gasteiger partial charge on any atom is -0.321 e. The Morgan fingerprint density at radius 1 is 1.21 bits per heavy atom. The second-order valence-corrected chi connectivity index (χ2v) is 10.1. The van der Waals surface area contributed by atoms with Crippen LogP contribution in [0, 0.1) is 0 Å². The van der Waals surface area contributed by atoms with Gasteiger partial charge in [0.05, 0.1) is 16.3 Å². The summed E-state index contributed by atoms with van der Waals surface area (Å²) in [6.45, 7) is 6.82. The van der Waals surface area contributed by atoms with Crippen molar-refractivity contribution in [2.24, 2.45) is 0 Å². The van der Waals surface area contributed by atoms with Gasteiger partial charge in [-0.25, -0.2) is 8.42 Å². The molecule has 0 aliphatic carbocycles. The fourth-order valence-corrected chi connectivity index (χ4v) is 5.72. The number of quaternary nitrogens is 1. The number of anilines is 1. The highest BCUT2D eigenvalue weighted by molar-refractivity contribution is 7.89. The van der Waals surface area contributed by atoms with Crippen molar-refractivity contribution in [2.75, 3.05) is 25.0 Å². The van der Waals surface area contributed by atoms with Crippen LogP contribution in [-0.4, -0.2) is 44.3 Å². The van der Waals surface area contributed by atoms with E-state index in [1.54, 1.807) is 35.6 Å². The second-order valence-electron chi connectivity index (χ2n) is 7.11. The lowest BCUT2D eigenvalue weighted by Crippen LogP contribution is -3.15. The number of hydrogen-bond donors (Lipinski definition) is 2. The third-order valence-electron chi connectivity index (χ3n) is 5.27. The van der Waals surface area contributed by atoms with Crippen LogP contribution in [0.5, 0.6) is 0 Å². The zero-order valence-electron chi connectivity index (χ0n) is 16.3. The first-order valence-electron chi connectivity index (χ1n) is 9.70. The van der Waals surface area contributed by atoms with E-state index >= 15 is 0 Å². The van der Waals surface area contributed by atoms with E-state index in [9.17, 15) is 13.2 Å². The Hall–Kier alpha value is -1.74. The molecule has 28 heavy (non-hydrogen) atoms. The van der Waals surface area contributed by atoms with Gasteiger partial charge in [-0.1, -0.05) is 6.07 Å². The summed E-state index contributed by atoms with van der Waals surface area (Å²) in [5.41, 5.74) is 0.615. The maximum absolute atomic E-state index is 12.7. The number of hydrogen-bond acceptors (Lipinski definition) is 4. The molecule has 1 aromatic heterocycles. The van der Waals surface area contributed by atoms with Crippen LogP contribution < -0.4 is 10.2 Å². The minimum absolute atomic E-state index is 0.0662. The Kier molecular flexibility index (Phi) is 6.87. The molecule has 3 rings (SSSR count). The molecule has 1 aromatic carbocycles. The van der Waals surface area contributed by atoms with Gasteiger partial charge in [0.25, 0.3) is 5.91 Å². The summed E-state index contributed by atoms with van der Waals surface area (Å²) in [6.07, 6.45) is 1.82. The monoisotopic (exact) mass is 422 g/mol. The topological polar surface area (TPSA) is 70.9 Å². The molecule has 2 aromatic rings. The highest BCUT2D eigenvalue weighted by Gasteiger charge is 2.27. The van der Waals surface area contributed by atoms with Crippen molar-refractivity contribution in [3.8, 4) is 0 Å². The number of carbonyl (C=O) groups is 1. The lowest BCUT2D eigenvalue weighted by atomic mass is 10.2. The van der Waals surface area contributed by atoms with Crippen molar-refractivity contribution in [3.05, 3.63) is 46.7 Å². The lowest BCUT2D eigenvalue weighted by molar-refractivity contribution is -0.925. The van der Waals surface area contributed by atoms with Gasteiger partial charge >= 0.3 is 0 Å². The van der Waals surface area contributed by atoms with Crippen molar-refractivity contribution in [1.29, 1.82) is 0 Å². The third-order valence-corrected chi connectivity index (χ3v) is 8.06. The van der Waals surface area contributed by atoms with Crippen LogP contribution in [0.25, 0.3) is 0 Å². The Morgan fingerprint density at radius 3 is 2.46 bits per heavy atom. The van der Waals surface area contributed by atoms with E-state index in [2.05, 4.69) is 18.3 Å². The second kappa shape index (κ2) is 9.17. The predicted octanol–water partition coefficient (Wildman–Crippen LogP) is 1.96. The molecule has 152 valence electrons. The zero-order valence-corrected chi connectivity index (χ0v) is 18.0. The first kappa shape index (κ1) is 21.0. The number of thiophene rings is 1. The summed E-state index contributed by atoms with van der Waals surface area (Å²) in [4.78, 5) is 15.4. The number of nitrogens with zero attached hydrogens (tertiary/aromatic N) is 1. The summed E-state index contributed by atoms with van der Waals surface area (Å²) in [5.74, 6) is -0.0662. The molecule has 0 radical (unpaired) electrons. The Balaban J connectivity index is 1.63. The minimum atomic E-state index is -3.43. The third kappa shape index (κ3) is 4.81. The van der Waals surface area contributed by atoms with Crippen LogP contribution in [0.2, 0.25) is 0 Å². The molecule has 1 saturated heterocycles. The van der Waals surface area contributed by atoms with Gasteiger partial charge in [0.2, 0.25) is 10.0 Å². The molecular weight excluding hydrogens is 394 g/mol. The van der Waals surface area contributed by atoms with Crippen LogP contribution in [0.4, 0.5) is 5.69 Å². The first-order chi connectivity index (χ1) is 13.4. The highest BCUT2D eigenvalue weighted by Crippen LogP contribution is 2.22. The highest BCUT2D eigenvalue weighted by atomic mass is 32.2. The number of benzene rings is 1. The molecule has 2 N–H and O–H groups in total. The van der Waals surface area contributed by atoms with Crippen molar-refractivity contribution in [2.45, 2.75) is 44.2 Å². The van der Waals surface area contributed by atoms with Gasteiger partial charge in [-0.05, 0) is 62.4 Å². The Morgan fingerprint density at radius 2 is 1.89 bits per heavy atom. The molecule has 8 heteroatoms. The number of sulfonamides is 1. The van der Waals surface area contributed by atoms with Gasteiger partial charge in [-0.15, -0.1) is 11.3 Å². The van der Waals surface area contributed by atoms with E-state index in [0.717, 1.165) is 25.9 Å². The average molecular weight is 423 g/mol. The van der Waals surface area contributed by atoms with E-state index in [1.165, 1.54) is 14.1 Å². The van der Waals surface area contributed by atoms with E-state index < -0.39 is 10.0 Å². The summed E-state index contributed by atoms with van der Waals surface area (Å²) in [7, 11) is -3.43. The molecule has 0 bridgehead atoms. The molecule has 0 saturated carbocycles. The van der Waals surface area contributed by atoms with Gasteiger partial charge in [-0.2, -0.15) is 4.31 Å². The van der Waals surface area contributed by atoms with E-state index in [-0.39, 0.29) is 16.8 Å². The normalized spacial score (nSPS) is 17.4. The van der Waals surface area contributed by atoms with E-state index in [4.69, 9.17) is 0 Å². The number of nitrogens with one attached hydrogen (secondary N) is 2. The van der Waals surface area contributed by atoms with Crippen LogP contribution in [0.15, 0.2) is 46.7 Å². The molecular formula is C20H28N3O3S2+. The van der Waals surface area contributed by atoms with Gasteiger partial charge in [-0.3, -0.25) is 4.79 Å². The molecule has 1 fully saturated rings. The summed E-state index contributed by atoms with van der Waals surface area (Å²) < 4.78 is 26.7. The van der Waals surface area contributed by atoms with Gasteiger partial charge in [0.1, 0.15) is 6.54 Å². The number of likely N-dealkylation sites (N-methyl/N-ethyl adjacent to an activating group) is 1. The maximum Gasteiger partial charge on any atom is 0.282 e. The largest absolute Gasteiger partial charge is 0.321 e.